The first-order valence-electron chi connectivity index (χ1n) is 8.78. The fourth-order valence-corrected chi connectivity index (χ4v) is 4.15. The van der Waals surface area contributed by atoms with Crippen LogP contribution >= 0.6 is 23.1 Å². The van der Waals surface area contributed by atoms with Crippen LogP contribution < -0.4 is 15.9 Å². The maximum absolute atomic E-state index is 9.00. The summed E-state index contributed by atoms with van der Waals surface area (Å²) in [6, 6.07) is 8.13. The highest BCUT2D eigenvalue weighted by atomic mass is 32.2. The van der Waals surface area contributed by atoms with Crippen molar-refractivity contribution in [3.63, 3.8) is 0 Å². The van der Waals surface area contributed by atoms with Gasteiger partial charge in [-0.1, -0.05) is 24.4 Å². The summed E-state index contributed by atoms with van der Waals surface area (Å²) in [6.07, 6.45) is 6.45. The lowest BCUT2D eigenvalue weighted by Crippen LogP contribution is -2.30. The van der Waals surface area contributed by atoms with E-state index in [-0.39, 0.29) is 13.2 Å². The van der Waals surface area contributed by atoms with Crippen LogP contribution in [0.3, 0.4) is 0 Å². The molecule has 0 bridgehead atoms. The van der Waals surface area contributed by atoms with Gasteiger partial charge >= 0.3 is 0 Å². The quantitative estimate of drug-likeness (QED) is 0.672. The second-order valence-electron chi connectivity index (χ2n) is 6.11. The third kappa shape index (κ3) is 4.27. The van der Waals surface area contributed by atoms with E-state index in [1.807, 2.05) is 35.2 Å². The number of aromatic nitrogens is 2. The lowest BCUT2D eigenvalue weighted by Gasteiger charge is -2.08. The number of aliphatic hydroxyl groups is 1. The van der Waals surface area contributed by atoms with E-state index in [0.717, 1.165) is 38.1 Å². The molecule has 28 heavy (non-hydrogen) atoms. The first-order chi connectivity index (χ1) is 13.7. The third-order valence-electron chi connectivity index (χ3n) is 4.15. The van der Waals surface area contributed by atoms with Gasteiger partial charge in [0, 0.05) is 39.5 Å². The molecule has 0 unspecified atom stereocenters. The Kier molecular flexibility index (Phi) is 5.76. The molecule has 1 aliphatic heterocycles. The first kappa shape index (κ1) is 18.7. The molecule has 0 saturated heterocycles. The van der Waals surface area contributed by atoms with Crippen LogP contribution in [0.15, 0.2) is 58.6 Å². The normalized spacial score (nSPS) is 18.3. The SMILES string of the molecule is C=C1/C=c2/c(Nc3ccc4scnc4c3)ccn/c2=C/C/C(OCCO)=C\S1. The first-order valence-corrected chi connectivity index (χ1v) is 10.5. The van der Waals surface area contributed by atoms with Crippen molar-refractivity contribution in [1.82, 2.24) is 9.97 Å². The number of ether oxygens (including phenoxy) is 1. The molecule has 142 valence electrons. The van der Waals surface area contributed by atoms with Crippen LogP contribution in [0.4, 0.5) is 11.4 Å². The number of rotatable bonds is 5. The number of hydrogen-bond donors (Lipinski definition) is 2. The van der Waals surface area contributed by atoms with Gasteiger partial charge < -0.3 is 15.2 Å². The number of thiazole rings is 1. The van der Waals surface area contributed by atoms with Gasteiger partial charge in [0.15, 0.2) is 0 Å². The van der Waals surface area contributed by atoms with Crippen LogP contribution in [0.25, 0.3) is 22.4 Å². The number of thioether (sulfide) groups is 1. The Labute approximate surface area is 170 Å². The smallest absolute Gasteiger partial charge is 0.111 e. The summed E-state index contributed by atoms with van der Waals surface area (Å²) in [5.41, 5.74) is 4.77. The largest absolute Gasteiger partial charge is 0.495 e. The summed E-state index contributed by atoms with van der Waals surface area (Å²) >= 11 is 3.13. The predicted molar refractivity (Wildman–Crippen MR) is 118 cm³/mol. The van der Waals surface area contributed by atoms with Crippen LogP contribution in [-0.4, -0.2) is 28.3 Å². The summed E-state index contributed by atoms with van der Waals surface area (Å²) in [6.45, 7) is 4.40. The molecule has 1 aliphatic rings. The minimum atomic E-state index is -0.0126. The zero-order valence-electron chi connectivity index (χ0n) is 15.1. The molecule has 2 N–H and O–H groups in total. The molecule has 0 atom stereocenters. The molecule has 0 amide bonds. The van der Waals surface area contributed by atoms with Gasteiger partial charge in [-0.2, -0.15) is 0 Å². The van der Waals surface area contributed by atoms with Gasteiger partial charge in [0.05, 0.1) is 27.7 Å². The number of fused-ring (bicyclic) bond motifs is 2. The Morgan fingerprint density at radius 2 is 2.18 bits per heavy atom. The molecule has 3 heterocycles. The number of aliphatic hydroxyl groups excluding tert-OH is 1. The van der Waals surface area contributed by atoms with E-state index in [1.54, 1.807) is 17.5 Å². The number of anilines is 2. The number of hydrogen-bond acceptors (Lipinski definition) is 7. The lowest BCUT2D eigenvalue weighted by atomic mass is 10.2. The van der Waals surface area contributed by atoms with E-state index >= 15 is 0 Å². The summed E-state index contributed by atoms with van der Waals surface area (Å²) < 4.78 is 6.77. The van der Waals surface area contributed by atoms with E-state index in [4.69, 9.17) is 9.84 Å². The molecule has 0 saturated carbocycles. The molecule has 5 nitrogen and oxygen atoms in total. The van der Waals surface area contributed by atoms with Crippen molar-refractivity contribution in [1.29, 1.82) is 0 Å². The highest BCUT2D eigenvalue weighted by molar-refractivity contribution is 8.06. The third-order valence-corrected chi connectivity index (χ3v) is 5.76. The number of nitrogens with zero attached hydrogens (tertiary/aromatic N) is 2. The minimum Gasteiger partial charge on any atom is -0.495 e. The molecule has 0 radical (unpaired) electrons. The van der Waals surface area contributed by atoms with E-state index < -0.39 is 0 Å². The van der Waals surface area contributed by atoms with E-state index in [1.165, 1.54) is 16.5 Å². The Hall–Kier alpha value is -2.61. The van der Waals surface area contributed by atoms with Gasteiger partial charge in [-0.15, -0.1) is 11.3 Å². The number of allylic oxidation sites excluding steroid dienone is 2. The monoisotopic (exact) mass is 409 g/mol. The molecule has 4 rings (SSSR count). The van der Waals surface area contributed by atoms with Crippen molar-refractivity contribution in [2.24, 2.45) is 0 Å². The van der Waals surface area contributed by atoms with Crippen molar-refractivity contribution < 1.29 is 9.84 Å². The van der Waals surface area contributed by atoms with Crippen molar-refractivity contribution in [3.8, 4) is 0 Å². The highest BCUT2D eigenvalue weighted by Gasteiger charge is 2.06. The van der Waals surface area contributed by atoms with Gasteiger partial charge in [-0.3, -0.25) is 4.98 Å². The van der Waals surface area contributed by atoms with E-state index in [2.05, 4.69) is 34.0 Å². The molecule has 7 heteroatoms. The van der Waals surface area contributed by atoms with Crippen molar-refractivity contribution in [3.05, 3.63) is 69.2 Å². The van der Waals surface area contributed by atoms with E-state index in [0.29, 0.717) is 6.42 Å². The average molecular weight is 410 g/mol. The van der Waals surface area contributed by atoms with Crippen molar-refractivity contribution in [2.45, 2.75) is 6.42 Å². The lowest BCUT2D eigenvalue weighted by molar-refractivity contribution is 0.144. The predicted octanol–water partition coefficient (Wildman–Crippen LogP) is 3.50. The Bertz CT molecular complexity index is 1170. The Balaban J connectivity index is 1.71. The second-order valence-corrected chi connectivity index (χ2v) is 7.99. The number of benzene rings is 1. The number of pyridine rings is 1. The standard InChI is InChI=1S/C21H19N3O2S2/c1-14-10-17-18(4-3-16(12-27-14)26-9-8-25)22-7-6-19(17)24-15-2-5-21-20(11-15)23-13-28-21/h2,4-7,10-13,24-25H,1,3,8-9H2/b16-12+,17-10+,18-4+. The van der Waals surface area contributed by atoms with Gasteiger partial charge in [-0.25, -0.2) is 4.98 Å². The summed E-state index contributed by atoms with van der Waals surface area (Å²) in [5, 5.41) is 16.3. The maximum Gasteiger partial charge on any atom is 0.111 e. The van der Waals surface area contributed by atoms with Gasteiger partial charge in [0.1, 0.15) is 12.4 Å². The fraction of sp³-hybridized carbons (Fsp3) is 0.143. The Morgan fingerprint density at radius 1 is 1.25 bits per heavy atom. The van der Waals surface area contributed by atoms with Gasteiger partial charge in [0.25, 0.3) is 0 Å². The van der Waals surface area contributed by atoms with Crippen LogP contribution in [-0.2, 0) is 4.74 Å². The van der Waals surface area contributed by atoms with Crippen LogP contribution in [0, 0.1) is 0 Å². The fourth-order valence-electron chi connectivity index (χ4n) is 2.86. The van der Waals surface area contributed by atoms with E-state index in [9.17, 15) is 0 Å². The van der Waals surface area contributed by atoms with Crippen LogP contribution in [0.1, 0.15) is 6.42 Å². The zero-order chi connectivity index (χ0) is 19.3. The molecule has 2 aromatic heterocycles. The molecule has 3 aromatic rings. The summed E-state index contributed by atoms with van der Waals surface area (Å²) in [5.74, 6) is 0.788. The maximum atomic E-state index is 9.00. The molecule has 0 spiro atoms. The summed E-state index contributed by atoms with van der Waals surface area (Å²) in [4.78, 5) is 9.81. The van der Waals surface area contributed by atoms with Crippen molar-refractivity contribution >= 4 is 56.8 Å². The molecular formula is C21H19N3O2S2. The molecule has 1 aromatic carbocycles. The summed E-state index contributed by atoms with van der Waals surface area (Å²) in [7, 11) is 0. The van der Waals surface area contributed by atoms with Gasteiger partial charge in [0.2, 0.25) is 0 Å². The Morgan fingerprint density at radius 3 is 3.07 bits per heavy atom. The topological polar surface area (TPSA) is 67.3 Å². The van der Waals surface area contributed by atoms with Gasteiger partial charge in [-0.05, 0) is 30.3 Å². The zero-order valence-corrected chi connectivity index (χ0v) is 16.7. The minimum absolute atomic E-state index is 0.0126. The molecular weight excluding hydrogens is 390 g/mol. The molecule has 0 fully saturated rings. The van der Waals surface area contributed by atoms with Crippen LogP contribution in [0.5, 0.6) is 0 Å². The van der Waals surface area contributed by atoms with Crippen molar-refractivity contribution in [2.75, 3.05) is 18.5 Å². The number of nitrogens with one attached hydrogen (secondary N) is 1. The second kappa shape index (κ2) is 8.60. The average Bonchev–Trinajstić information content (AvgIpc) is 3.18. The van der Waals surface area contributed by atoms with Crippen LogP contribution in [0.2, 0.25) is 0 Å². The highest BCUT2D eigenvalue weighted by Crippen LogP contribution is 2.24. The molecule has 0 aliphatic carbocycles.